The minimum absolute atomic E-state index is 0.00275. The summed E-state index contributed by atoms with van der Waals surface area (Å²) in [6.07, 6.45) is 1.48. The Bertz CT molecular complexity index is 1830. The van der Waals surface area contributed by atoms with Crippen molar-refractivity contribution in [2.24, 2.45) is 17.4 Å². The van der Waals surface area contributed by atoms with Crippen molar-refractivity contribution < 1.29 is 23.9 Å². The number of nitrogens with zero attached hydrogens (tertiary/aromatic N) is 1. The summed E-state index contributed by atoms with van der Waals surface area (Å²) in [6.45, 7) is 5.07. The number of anilines is 1. The first-order valence-electron chi connectivity index (χ1n) is 15.4. The quantitative estimate of drug-likeness (QED) is 0.206. The zero-order valence-electron chi connectivity index (χ0n) is 26.2. The van der Waals surface area contributed by atoms with E-state index in [-0.39, 0.29) is 23.8 Å². The molecule has 1 saturated heterocycles. The number of benzene rings is 3. The normalized spacial score (nSPS) is 21.7. The number of hydrogen-bond acceptors (Lipinski definition) is 9. The van der Waals surface area contributed by atoms with E-state index in [1.165, 1.54) is 11.3 Å². The number of nitrogen functional groups attached to an aromatic ring is 1. The predicted octanol–water partition coefficient (Wildman–Crippen LogP) is 4.37. The summed E-state index contributed by atoms with van der Waals surface area (Å²) >= 11 is 1.21. The lowest BCUT2D eigenvalue weighted by molar-refractivity contribution is -0.138. The molecule has 240 valence electrons. The van der Waals surface area contributed by atoms with E-state index >= 15 is 0 Å². The molecule has 0 spiro atoms. The highest BCUT2D eigenvalue weighted by atomic mass is 32.1. The molecule has 2 aliphatic rings. The van der Waals surface area contributed by atoms with Crippen molar-refractivity contribution in [1.29, 1.82) is 0 Å². The highest BCUT2D eigenvalue weighted by Crippen LogP contribution is 2.50. The van der Waals surface area contributed by atoms with Gasteiger partial charge in [0.1, 0.15) is 17.0 Å². The summed E-state index contributed by atoms with van der Waals surface area (Å²) in [7, 11) is 1.57. The predicted molar refractivity (Wildman–Crippen MR) is 179 cm³/mol. The van der Waals surface area contributed by atoms with Crippen LogP contribution in [0.3, 0.4) is 0 Å². The van der Waals surface area contributed by atoms with Gasteiger partial charge in [0.25, 0.3) is 5.91 Å². The van der Waals surface area contributed by atoms with Gasteiger partial charge in [0.2, 0.25) is 5.91 Å². The van der Waals surface area contributed by atoms with E-state index in [2.05, 4.69) is 5.32 Å². The van der Waals surface area contributed by atoms with Crippen LogP contribution in [0.4, 0.5) is 5.69 Å². The van der Waals surface area contributed by atoms with Crippen LogP contribution in [0, 0.1) is 12.8 Å². The maximum Gasteiger partial charge on any atom is 0.262 e. The first-order valence-corrected chi connectivity index (χ1v) is 16.2. The molecule has 0 saturated carbocycles. The number of Topliss-reactive ketones (excluding diaryl/α,β-unsaturated/α-hetero) is 1. The van der Waals surface area contributed by atoms with E-state index in [1.54, 1.807) is 36.3 Å². The molecule has 4 atom stereocenters. The molecule has 3 aromatic carbocycles. The Kier molecular flexibility index (Phi) is 8.60. The fraction of sp³-hybridized carbons (Fsp3) is 0.343. The van der Waals surface area contributed by atoms with Crippen molar-refractivity contribution in [2.45, 2.75) is 44.3 Å². The minimum atomic E-state index is -1.58. The fourth-order valence-electron chi connectivity index (χ4n) is 6.77. The molecular formula is C35H39N5O5S. The number of carbonyl (C=O) groups is 3. The molecule has 2 heterocycles. The topological polar surface area (TPSA) is 163 Å². The molecule has 1 aromatic heterocycles. The largest absolute Gasteiger partial charge is 0.457 e. The van der Waals surface area contributed by atoms with Crippen molar-refractivity contribution >= 4 is 44.7 Å². The van der Waals surface area contributed by atoms with E-state index in [4.69, 9.17) is 26.7 Å². The smallest absolute Gasteiger partial charge is 0.262 e. The Morgan fingerprint density at radius 2 is 1.85 bits per heavy atom. The summed E-state index contributed by atoms with van der Waals surface area (Å²) in [5.41, 5.74) is 21.5. The lowest BCUT2D eigenvalue weighted by Gasteiger charge is -2.37. The number of likely N-dealkylation sites (tertiary alicyclic amines) is 1. The maximum absolute atomic E-state index is 14.3. The molecule has 7 N–H and O–H groups in total. The number of para-hydroxylation sites is 1. The molecule has 1 fully saturated rings. The highest BCUT2D eigenvalue weighted by Gasteiger charge is 2.49. The van der Waals surface area contributed by atoms with E-state index < -0.39 is 17.4 Å². The first kappa shape index (κ1) is 31.7. The van der Waals surface area contributed by atoms with Gasteiger partial charge >= 0.3 is 0 Å². The monoisotopic (exact) mass is 641 g/mol. The van der Waals surface area contributed by atoms with Crippen molar-refractivity contribution in [1.82, 2.24) is 10.2 Å². The van der Waals surface area contributed by atoms with Crippen molar-refractivity contribution in [3.05, 3.63) is 87.8 Å². The van der Waals surface area contributed by atoms with Gasteiger partial charge in [-0.05, 0) is 66.8 Å². The second-order valence-electron chi connectivity index (χ2n) is 12.2. The zero-order valence-corrected chi connectivity index (χ0v) is 27.0. The van der Waals surface area contributed by atoms with E-state index in [0.29, 0.717) is 68.5 Å². The van der Waals surface area contributed by atoms with Gasteiger partial charge in [-0.15, -0.1) is 11.3 Å². The number of piperidine rings is 1. The molecule has 0 radical (unpaired) electrons. The Morgan fingerprint density at radius 3 is 2.57 bits per heavy atom. The van der Waals surface area contributed by atoms with Crippen LogP contribution in [0.1, 0.15) is 57.7 Å². The van der Waals surface area contributed by atoms with Gasteiger partial charge in [0.05, 0.1) is 28.1 Å². The molecule has 0 bridgehead atoms. The van der Waals surface area contributed by atoms with E-state index in [1.807, 2.05) is 50.2 Å². The van der Waals surface area contributed by atoms with Crippen molar-refractivity contribution in [3.8, 4) is 11.5 Å². The Labute approximate surface area is 271 Å². The van der Waals surface area contributed by atoms with Gasteiger partial charge in [0.15, 0.2) is 5.78 Å². The molecule has 1 aliphatic heterocycles. The lowest BCUT2D eigenvalue weighted by atomic mass is 9.69. The number of hydrogen-bond donors (Lipinski definition) is 4. The molecule has 11 heteroatoms. The Morgan fingerprint density at radius 1 is 1.11 bits per heavy atom. The summed E-state index contributed by atoms with van der Waals surface area (Å²) in [5, 5.41) is 3.75. The van der Waals surface area contributed by atoms with Crippen molar-refractivity contribution in [2.75, 3.05) is 32.5 Å². The van der Waals surface area contributed by atoms with Crippen LogP contribution in [0.15, 0.2) is 60.7 Å². The standard InChI is InChI=1S/C35H39N5O5S/c1-19-16-23(45-22-9-5-4-6-10-22)11-12-24(19)35(38)25-13-14-26(36)30-27(25)28(29(37)32(35)41)31(46-30)33(42)39-21-8-7-15-40(17-21)34(43)20(2)18-44-3/h4-6,9-14,16,20-21,29H,7-8,15,17-18,36-38H2,1-3H3,(H,39,42)/t20-,21+,29?,35?/m0/s1. The average molecular weight is 642 g/mol. The summed E-state index contributed by atoms with van der Waals surface area (Å²) < 4.78 is 11.8. The number of rotatable bonds is 8. The van der Waals surface area contributed by atoms with Gasteiger partial charge in [0, 0.05) is 42.9 Å². The van der Waals surface area contributed by atoms with Crippen LogP contribution in [-0.4, -0.2) is 55.3 Å². The number of carbonyl (C=O) groups excluding carboxylic acids is 3. The van der Waals surface area contributed by atoms with Crippen LogP contribution >= 0.6 is 11.3 Å². The van der Waals surface area contributed by atoms with Crippen LogP contribution in [0.5, 0.6) is 11.5 Å². The Balaban J connectivity index is 1.34. The van der Waals surface area contributed by atoms with E-state index in [9.17, 15) is 14.4 Å². The zero-order chi connectivity index (χ0) is 32.7. The molecule has 2 amide bonds. The number of methoxy groups -OCH3 is 1. The van der Waals surface area contributed by atoms with Gasteiger partial charge in [-0.1, -0.05) is 37.3 Å². The summed E-state index contributed by atoms with van der Waals surface area (Å²) in [5.74, 6) is 0.256. The van der Waals surface area contributed by atoms with Crippen molar-refractivity contribution in [3.63, 3.8) is 0 Å². The summed E-state index contributed by atoms with van der Waals surface area (Å²) in [4.78, 5) is 43.2. The van der Waals surface area contributed by atoms with Crippen LogP contribution in [0.2, 0.25) is 0 Å². The number of amides is 2. The number of aryl methyl sites for hydroxylation is 1. The highest BCUT2D eigenvalue weighted by molar-refractivity contribution is 7.21. The molecule has 10 nitrogen and oxygen atoms in total. The number of ketones is 1. The molecule has 46 heavy (non-hydrogen) atoms. The third-order valence-corrected chi connectivity index (χ3v) is 10.3. The van der Waals surface area contributed by atoms with Gasteiger partial charge < -0.3 is 36.9 Å². The van der Waals surface area contributed by atoms with Crippen LogP contribution in [-0.2, 0) is 19.9 Å². The number of nitrogens with two attached hydrogens (primary N) is 3. The second kappa shape index (κ2) is 12.5. The lowest BCUT2D eigenvalue weighted by Crippen LogP contribution is -2.53. The average Bonchev–Trinajstić information content (AvgIpc) is 3.46. The van der Waals surface area contributed by atoms with Gasteiger partial charge in [-0.25, -0.2) is 0 Å². The van der Waals surface area contributed by atoms with Gasteiger partial charge in [-0.2, -0.15) is 0 Å². The molecule has 2 unspecified atom stereocenters. The minimum Gasteiger partial charge on any atom is -0.457 e. The third-order valence-electron chi connectivity index (χ3n) is 9.03. The summed E-state index contributed by atoms with van der Waals surface area (Å²) in [6, 6.07) is 16.9. The second-order valence-corrected chi connectivity index (χ2v) is 13.3. The fourth-order valence-corrected chi connectivity index (χ4v) is 7.98. The third kappa shape index (κ3) is 5.43. The molecular weight excluding hydrogens is 602 g/mol. The van der Waals surface area contributed by atoms with Crippen LogP contribution < -0.4 is 27.3 Å². The molecule has 6 rings (SSSR count). The Hall–Kier alpha value is -4.29. The van der Waals surface area contributed by atoms with Crippen LogP contribution in [0.25, 0.3) is 10.1 Å². The van der Waals surface area contributed by atoms with Gasteiger partial charge in [-0.3, -0.25) is 14.4 Å². The number of nitrogens with one attached hydrogen (secondary N) is 1. The molecule has 1 aliphatic carbocycles. The molecule has 4 aromatic rings. The first-order chi connectivity index (χ1) is 22.0. The maximum atomic E-state index is 14.3. The SMILES string of the molecule is COC[C@H](C)C(=O)N1CCC[C@@H](NC(=O)c2sc3c(N)ccc4c3c2C(N)C(=O)C4(N)c2ccc(Oc3ccccc3)cc2C)C1. The van der Waals surface area contributed by atoms with E-state index in [0.717, 1.165) is 18.4 Å². The number of thiophene rings is 1. The number of ether oxygens (including phenoxy) is 2.